The van der Waals surface area contributed by atoms with E-state index in [0.29, 0.717) is 12.1 Å². The highest BCUT2D eigenvalue weighted by molar-refractivity contribution is 9.10. The lowest BCUT2D eigenvalue weighted by Crippen LogP contribution is -2.53. The van der Waals surface area contributed by atoms with Crippen LogP contribution >= 0.6 is 15.9 Å². The molecule has 110 valence electrons. The molecule has 0 bridgehead atoms. The summed E-state index contributed by atoms with van der Waals surface area (Å²) < 4.78 is 0.742. The zero-order valence-electron chi connectivity index (χ0n) is 12.2. The van der Waals surface area contributed by atoms with Crippen molar-refractivity contribution >= 4 is 21.8 Å². The normalized spacial score (nSPS) is 18.0. The van der Waals surface area contributed by atoms with E-state index in [1.165, 1.54) is 19.3 Å². The Balaban J connectivity index is 1.98. The number of hydrogen-bond donors (Lipinski definition) is 1. The first-order valence-corrected chi connectivity index (χ1v) is 7.90. The second-order valence-electron chi connectivity index (χ2n) is 5.73. The highest BCUT2D eigenvalue weighted by Gasteiger charge is 2.34. The van der Waals surface area contributed by atoms with E-state index < -0.39 is 0 Å². The number of aromatic nitrogens is 1. The summed E-state index contributed by atoms with van der Waals surface area (Å²) in [6.07, 6.45) is 7.70. The van der Waals surface area contributed by atoms with Crippen molar-refractivity contribution in [2.45, 2.75) is 37.6 Å². The molecule has 1 amide bonds. The molecule has 0 aromatic carbocycles. The molecular weight excluding hydrogens is 318 g/mol. The van der Waals surface area contributed by atoms with Crippen molar-refractivity contribution in [3.8, 4) is 0 Å². The average molecular weight is 340 g/mol. The minimum atomic E-state index is -0.0446. The zero-order valence-corrected chi connectivity index (χ0v) is 13.7. The van der Waals surface area contributed by atoms with Crippen molar-refractivity contribution in [3.63, 3.8) is 0 Å². The topological polar surface area (TPSA) is 45.2 Å². The molecule has 1 aromatic rings. The highest BCUT2D eigenvalue weighted by atomic mass is 79.9. The van der Waals surface area contributed by atoms with E-state index in [0.717, 1.165) is 17.4 Å². The fraction of sp³-hybridized carbons (Fsp3) is 0.600. The Morgan fingerprint density at radius 1 is 1.35 bits per heavy atom. The van der Waals surface area contributed by atoms with Crippen LogP contribution < -0.4 is 5.32 Å². The summed E-state index contributed by atoms with van der Waals surface area (Å²) in [6.45, 7) is 0.703. The van der Waals surface area contributed by atoms with Gasteiger partial charge in [0.05, 0.1) is 5.56 Å². The van der Waals surface area contributed by atoms with Crippen LogP contribution in [0.15, 0.2) is 22.9 Å². The summed E-state index contributed by atoms with van der Waals surface area (Å²) in [5, 5.41) is 3.07. The standard InChI is InChI=1S/C15H22BrN3O/c1-19(2)15(8-4-3-5-9-15)11-18-14(20)12-6-7-13(16)17-10-12/h6-7,10H,3-5,8-9,11H2,1-2H3,(H,18,20). The van der Waals surface area contributed by atoms with E-state index in [1.807, 2.05) is 0 Å². The largest absolute Gasteiger partial charge is 0.350 e. The SMILES string of the molecule is CN(C)C1(CNC(=O)c2ccc(Br)nc2)CCCCC1. The Hall–Kier alpha value is -0.940. The van der Waals surface area contributed by atoms with E-state index in [4.69, 9.17) is 0 Å². The van der Waals surface area contributed by atoms with Gasteiger partial charge in [0, 0.05) is 18.3 Å². The van der Waals surface area contributed by atoms with E-state index >= 15 is 0 Å². The minimum absolute atomic E-state index is 0.0446. The molecule has 20 heavy (non-hydrogen) atoms. The molecule has 4 nitrogen and oxygen atoms in total. The molecule has 1 heterocycles. The Morgan fingerprint density at radius 2 is 2.05 bits per heavy atom. The van der Waals surface area contributed by atoms with Gasteiger partial charge in [-0.1, -0.05) is 19.3 Å². The monoisotopic (exact) mass is 339 g/mol. The quantitative estimate of drug-likeness (QED) is 0.858. The van der Waals surface area contributed by atoms with Gasteiger partial charge in [0.25, 0.3) is 5.91 Å². The van der Waals surface area contributed by atoms with Crippen molar-refractivity contribution in [1.82, 2.24) is 15.2 Å². The maximum atomic E-state index is 12.2. The number of halogens is 1. The van der Waals surface area contributed by atoms with E-state index in [-0.39, 0.29) is 11.4 Å². The molecule has 0 spiro atoms. The molecule has 0 saturated heterocycles. The van der Waals surface area contributed by atoms with Crippen LogP contribution in [0, 0.1) is 0 Å². The first-order valence-electron chi connectivity index (χ1n) is 7.11. The molecule has 5 heteroatoms. The van der Waals surface area contributed by atoms with Gasteiger partial charge >= 0.3 is 0 Å². The Bertz CT molecular complexity index is 453. The van der Waals surface area contributed by atoms with Gasteiger partial charge < -0.3 is 10.2 Å². The number of carbonyl (C=O) groups is 1. The van der Waals surface area contributed by atoms with Gasteiger partial charge in [-0.25, -0.2) is 4.98 Å². The van der Waals surface area contributed by atoms with E-state index in [1.54, 1.807) is 18.3 Å². The molecule has 0 atom stereocenters. The molecule has 1 saturated carbocycles. The molecule has 2 rings (SSSR count). The maximum Gasteiger partial charge on any atom is 0.252 e. The zero-order chi connectivity index (χ0) is 14.6. The van der Waals surface area contributed by atoms with E-state index in [2.05, 4.69) is 45.2 Å². The van der Waals surface area contributed by atoms with Crippen molar-refractivity contribution in [2.24, 2.45) is 0 Å². The van der Waals surface area contributed by atoms with Gasteiger partial charge in [-0.15, -0.1) is 0 Å². The van der Waals surface area contributed by atoms with Crippen LogP contribution in [0.25, 0.3) is 0 Å². The van der Waals surface area contributed by atoms with Gasteiger partial charge in [0.15, 0.2) is 0 Å². The first kappa shape index (κ1) is 15.4. The van der Waals surface area contributed by atoms with Gasteiger partial charge in [-0.05, 0) is 55.0 Å². The summed E-state index contributed by atoms with van der Waals surface area (Å²) in [4.78, 5) is 18.5. The molecule has 0 aliphatic heterocycles. The lowest BCUT2D eigenvalue weighted by Gasteiger charge is -2.43. The summed E-state index contributed by atoms with van der Waals surface area (Å²) >= 11 is 3.27. The van der Waals surface area contributed by atoms with E-state index in [9.17, 15) is 4.79 Å². The second kappa shape index (κ2) is 6.68. The number of amides is 1. The molecule has 0 radical (unpaired) electrons. The number of nitrogens with zero attached hydrogens (tertiary/aromatic N) is 2. The number of carbonyl (C=O) groups excluding carboxylic acids is 1. The molecule has 0 unspecified atom stereocenters. The molecule has 1 aliphatic carbocycles. The lowest BCUT2D eigenvalue weighted by atomic mass is 9.80. The fourth-order valence-corrected chi connectivity index (χ4v) is 3.08. The third-order valence-corrected chi connectivity index (χ3v) is 4.77. The van der Waals surface area contributed by atoms with Crippen molar-refractivity contribution in [2.75, 3.05) is 20.6 Å². The Labute approximate surface area is 129 Å². The van der Waals surface area contributed by atoms with Crippen LogP contribution in [0.4, 0.5) is 0 Å². The van der Waals surface area contributed by atoms with Crippen molar-refractivity contribution < 1.29 is 4.79 Å². The molecular formula is C15H22BrN3O. The van der Waals surface area contributed by atoms with Crippen LogP contribution in [0.2, 0.25) is 0 Å². The predicted molar refractivity (Wildman–Crippen MR) is 83.8 cm³/mol. The fourth-order valence-electron chi connectivity index (χ4n) is 2.85. The number of pyridine rings is 1. The van der Waals surface area contributed by atoms with Gasteiger partial charge in [0.1, 0.15) is 4.60 Å². The number of rotatable bonds is 4. The first-order chi connectivity index (χ1) is 9.53. The maximum absolute atomic E-state index is 12.2. The highest BCUT2D eigenvalue weighted by Crippen LogP contribution is 2.31. The van der Waals surface area contributed by atoms with Crippen molar-refractivity contribution in [1.29, 1.82) is 0 Å². The minimum Gasteiger partial charge on any atom is -0.350 e. The average Bonchev–Trinajstić information content (AvgIpc) is 2.46. The Morgan fingerprint density at radius 3 is 2.60 bits per heavy atom. The Kier molecular flexibility index (Phi) is 5.16. The van der Waals surface area contributed by atoms with Gasteiger partial charge in [0.2, 0.25) is 0 Å². The summed E-state index contributed by atoms with van der Waals surface area (Å²) in [6, 6.07) is 3.58. The third-order valence-electron chi connectivity index (χ3n) is 4.30. The third kappa shape index (κ3) is 3.58. The molecule has 1 N–H and O–H groups in total. The van der Waals surface area contributed by atoms with Crippen LogP contribution in [0.1, 0.15) is 42.5 Å². The summed E-state index contributed by atoms with van der Waals surface area (Å²) in [7, 11) is 4.22. The summed E-state index contributed by atoms with van der Waals surface area (Å²) in [5.41, 5.74) is 0.717. The predicted octanol–water partition coefficient (Wildman–Crippen LogP) is 2.84. The summed E-state index contributed by atoms with van der Waals surface area (Å²) in [5.74, 6) is -0.0446. The number of nitrogens with one attached hydrogen (secondary N) is 1. The van der Waals surface area contributed by atoms with Crippen LogP contribution in [-0.4, -0.2) is 42.0 Å². The second-order valence-corrected chi connectivity index (χ2v) is 6.54. The smallest absolute Gasteiger partial charge is 0.252 e. The van der Waals surface area contributed by atoms with Gasteiger partial charge in [-0.3, -0.25) is 4.79 Å². The number of hydrogen-bond acceptors (Lipinski definition) is 3. The lowest BCUT2D eigenvalue weighted by molar-refractivity contribution is 0.0799. The van der Waals surface area contributed by atoms with Crippen LogP contribution in [-0.2, 0) is 0 Å². The van der Waals surface area contributed by atoms with Crippen LogP contribution in [0.3, 0.4) is 0 Å². The van der Waals surface area contributed by atoms with Crippen LogP contribution in [0.5, 0.6) is 0 Å². The number of likely N-dealkylation sites (N-methyl/N-ethyl adjacent to an activating group) is 1. The molecule has 1 aromatic heterocycles. The van der Waals surface area contributed by atoms with Crippen molar-refractivity contribution in [3.05, 3.63) is 28.5 Å². The molecule has 1 fully saturated rings. The van der Waals surface area contributed by atoms with Gasteiger partial charge in [-0.2, -0.15) is 0 Å². The molecule has 1 aliphatic rings.